The average Bonchev–Trinajstić information content (AvgIpc) is 3.07. The van der Waals surface area contributed by atoms with Gasteiger partial charge in [0.25, 0.3) is 0 Å². The Kier molecular flexibility index (Phi) is 3.07. The summed E-state index contributed by atoms with van der Waals surface area (Å²) in [4.78, 5) is 10.9. The quantitative estimate of drug-likeness (QED) is 0.837. The smallest absolute Gasteiger partial charge is 0.304 e. The van der Waals surface area contributed by atoms with Gasteiger partial charge in [0.1, 0.15) is 5.75 Å². The van der Waals surface area contributed by atoms with Crippen molar-refractivity contribution in [3.63, 3.8) is 0 Å². The molecule has 0 amide bonds. The van der Waals surface area contributed by atoms with Crippen molar-refractivity contribution in [1.82, 2.24) is 0 Å². The van der Waals surface area contributed by atoms with Crippen LogP contribution < -0.4 is 9.47 Å². The number of hydrogen-bond acceptors (Lipinski definition) is 4. The number of hydrogen-bond donors (Lipinski definition) is 2. The van der Waals surface area contributed by atoms with E-state index >= 15 is 0 Å². The summed E-state index contributed by atoms with van der Waals surface area (Å²) in [7, 11) is 2.99. The van der Waals surface area contributed by atoms with Crippen LogP contribution in [0.25, 0.3) is 0 Å². The van der Waals surface area contributed by atoms with Gasteiger partial charge in [-0.2, -0.15) is 0 Å². The molecule has 0 aromatic heterocycles. The van der Waals surface area contributed by atoms with Gasteiger partial charge in [0, 0.05) is 11.0 Å². The Hall–Kier alpha value is -1.91. The number of carboxylic acid groups (broad SMARTS) is 1. The van der Waals surface area contributed by atoms with Crippen LogP contribution in [0.1, 0.15) is 24.8 Å². The molecular formula is C13H16O5. The summed E-state index contributed by atoms with van der Waals surface area (Å²) in [6, 6.07) is 3.12. The molecule has 18 heavy (non-hydrogen) atoms. The summed E-state index contributed by atoms with van der Waals surface area (Å²) in [6.07, 6.45) is 1.46. The number of carboxylic acids is 1. The maximum absolute atomic E-state index is 10.9. The van der Waals surface area contributed by atoms with Crippen LogP contribution in [-0.2, 0) is 10.2 Å². The highest BCUT2D eigenvalue weighted by Gasteiger charge is 2.50. The summed E-state index contributed by atoms with van der Waals surface area (Å²) < 4.78 is 10.5. The molecular weight excluding hydrogens is 236 g/mol. The number of aliphatic carboxylic acids is 1. The molecule has 98 valence electrons. The molecule has 2 N–H and O–H groups in total. The van der Waals surface area contributed by atoms with E-state index in [0.717, 1.165) is 12.8 Å². The molecule has 1 aromatic rings. The normalized spacial score (nSPS) is 16.1. The lowest BCUT2D eigenvalue weighted by Gasteiger charge is -2.20. The van der Waals surface area contributed by atoms with Gasteiger partial charge in [0.05, 0.1) is 20.6 Å². The van der Waals surface area contributed by atoms with Gasteiger partial charge in [-0.05, 0) is 25.0 Å². The summed E-state index contributed by atoms with van der Waals surface area (Å²) in [5.41, 5.74) is 0.0299. The minimum absolute atomic E-state index is 0.00983. The topological polar surface area (TPSA) is 76.0 Å². The second kappa shape index (κ2) is 4.40. The van der Waals surface area contributed by atoms with Crippen LogP contribution in [0.5, 0.6) is 17.2 Å². The molecule has 1 aromatic carbocycles. The van der Waals surface area contributed by atoms with Crippen molar-refractivity contribution >= 4 is 5.97 Å². The third-order valence-corrected chi connectivity index (χ3v) is 3.40. The van der Waals surface area contributed by atoms with Gasteiger partial charge in [0.15, 0.2) is 11.5 Å². The van der Waals surface area contributed by atoms with Gasteiger partial charge in [-0.15, -0.1) is 0 Å². The molecule has 1 aliphatic carbocycles. The number of phenols is 1. The van der Waals surface area contributed by atoms with Gasteiger partial charge < -0.3 is 19.7 Å². The molecule has 0 heterocycles. The van der Waals surface area contributed by atoms with Crippen molar-refractivity contribution in [2.24, 2.45) is 0 Å². The Balaban J connectivity index is 2.52. The summed E-state index contributed by atoms with van der Waals surface area (Å²) in [5, 5.41) is 19.0. The molecule has 0 saturated heterocycles. The number of rotatable bonds is 5. The van der Waals surface area contributed by atoms with E-state index in [-0.39, 0.29) is 12.2 Å². The average molecular weight is 252 g/mol. The lowest BCUT2D eigenvalue weighted by atomic mass is 9.90. The zero-order valence-electron chi connectivity index (χ0n) is 10.4. The van der Waals surface area contributed by atoms with E-state index in [2.05, 4.69) is 0 Å². The van der Waals surface area contributed by atoms with Crippen LogP contribution in [0.15, 0.2) is 12.1 Å². The predicted molar refractivity (Wildman–Crippen MR) is 64.4 cm³/mol. The molecule has 0 unspecified atom stereocenters. The standard InChI is InChI=1S/C13H16O5/c1-17-9-4-3-8(14)11(12(9)18-2)13(5-6-13)7-10(15)16/h3-4,14H,5-7H2,1-2H3,(H,15,16). The van der Waals surface area contributed by atoms with Crippen LogP contribution >= 0.6 is 0 Å². The van der Waals surface area contributed by atoms with Crippen molar-refractivity contribution in [3.8, 4) is 17.2 Å². The first-order valence-electron chi connectivity index (χ1n) is 5.70. The third-order valence-electron chi connectivity index (χ3n) is 3.40. The first-order chi connectivity index (χ1) is 8.54. The SMILES string of the molecule is COc1ccc(O)c(C2(CC(=O)O)CC2)c1OC. The minimum Gasteiger partial charge on any atom is -0.508 e. The summed E-state index contributed by atoms with van der Waals surface area (Å²) in [5.74, 6) is 0.112. The molecule has 1 fully saturated rings. The van der Waals surface area contributed by atoms with Gasteiger partial charge >= 0.3 is 5.97 Å². The number of carbonyl (C=O) groups is 1. The molecule has 0 bridgehead atoms. The highest BCUT2D eigenvalue weighted by Crippen LogP contribution is 2.58. The Morgan fingerprint density at radius 1 is 1.33 bits per heavy atom. The molecule has 0 atom stereocenters. The van der Waals surface area contributed by atoms with Crippen LogP contribution in [0, 0.1) is 0 Å². The monoisotopic (exact) mass is 252 g/mol. The molecule has 5 heteroatoms. The van der Waals surface area contributed by atoms with Crippen LogP contribution in [-0.4, -0.2) is 30.4 Å². The number of aromatic hydroxyl groups is 1. The van der Waals surface area contributed by atoms with E-state index in [9.17, 15) is 9.90 Å². The maximum atomic E-state index is 10.9. The van der Waals surface area contributed by atoms with E-state index in [1.165, 1.54) is 20.3 Å². The first-order valence-corrected chi connectivity index (χ1v) is 5.70. The molecule has 0 radical (unpaired) electrons. The van der Waals surface area contributed by atoms with E-state index < -0.39 is 11.4 Å². The highest BCUT2D eigenvalue weighted by atomic mass is 16.5. The Labute approximate surface area is 105 Å². The summed E-state index contributed by atoms with van der Waals surface area (Å²) >= 11 is 0. The van der Waals surface area contributed by atoms with Crippen LogP contribution in [0.2, 0.25) is 0 Å². The zero-order chi connectivity index (χ0) is 13.3. The Bertz CT molecular complexity index is 477. The second-order valence-electron chi connectivity index (χ2n) is 4.55. The van der Waals surface area contributed by atoms with Gasteiger partial charge in [-0.25, -0.2) is 0 Å². The third kappa shape index (κ3) is 1.96. The molecule has 0 spiro atoms. The lowest BCUT2D eigenvalue weighted by molar-refractivity contribution is -0.137. The van der Waals surface area contributed by atoms with Gasteiger partial charge in [0.2, 0.25) is 0 Å². The molecule has 2 rings (SSSR count). The number of methoxy groups -OCH3 is 2. The van der Waals surface area contributed by atoms with Crippen molar-refractivity contribution < 1.29 is 24.5 Å². The molecule has 0 aliphatic heterocycles. The van der Waals surface area contributed by atoms with Crippen molar-refractivity contribution in [2.45, 2.75) is 24.7 Å². The number of phenolic OH excluding ortho intramolecular Hbond substituents is 1. The summed E-state index contributed by atoms with van der Waals surface area (Å²) in [6.45, 7) is 0. The lowest BCUT2D eigenvalue weighted by Crippen LogP contribution is -2.14. The van der Waals surface area contributed by atoms with Crippen LogP contribution in [0.3, 0.4) is 0 Å². The van der Waals surface area contributed by atoms with E-state index in [0.29, 0.717) is 17.1 Å². The fourth-order valence-corrected chi connectivity index (χ4v) is 2.38. The number of ether oxygens (including phenoxy) is 2. The largest absolute Gasteiger partial charge is 0.508 e. The first kappa shape index (κ1) is 12.5. The van der Waals surface area contributed by atoms with Crippen LogP contribution in [0.4, 0.5) is 0 Å². The molecule has 5 nitrogen and oxygen atoms in total. The minimum atomic E-state index is -0.878. The zero-order valence-corrected chi connectivity index (χ0v) is 10.4. The molecule has 1 aliphatic rings. The fourth-order valence-electron chi connectivity index (χ4n) is 2.38. The van der Waals surface area contributed by atoms with Gasteiger partial charge in [-0.1, -0.05) is 0 Å². The fraction of sp³-hybridized carbons (Fsp3) is 0.462. The maximum Gasteiger partial charge on any atom is 0.304 e. The highest BCUT2D eigenvalue weighted by molar-refractivity contribution is 5.72. The van der Waals surface area contributed by atoms with Gasteiger partial charge in [-0.3, -0.25) is 4.79 Å². The van der Waals surface area contributed by atoms with Crippen molar-refractivity contribution in [3.05, 3.63) is 17.7 Å². The second-order valence-corrected chi connectivity index (χ2v) is 4.55. The Morgan fingerprint density at radius 2 is 2.00 bits per heavy atom. The predicted octanol–water partition coefficient (Wildman–Crippen LogP) is 1.92. The van der Waals surface area contributed by atoms with Crippen molar-refractivity contribution in [2.75, 3.05) is 14.2 Å². The van der Waals surface area contributed by atoms with Crippen molar-refractivity contribution in [1.29, 1.82) is 0 Å². The van der Waals surface area contributed by atoms with E-state index in [4.69, 9.17) is 14.6 Å². The Morgan fingerprint density at radius 3 is 2.44 bits per heavy atom. The van der Waals surface area contributed by atoms with E-state index in [1.807, 2.05) is 0 Å². The number of benzene rings is 1. The molecule has 1 saturated carbocycles. The van der Waals surface area contributed by atoms with E-state index in [1.54, 1.807) is 6.07 Å².